The highest BCUT2D eigenvalue weighted by Crippen LogP contribution is 2.56. The third-order valence-corrected chi connectivity index (χ3v) is 4.31. The molecule has 2 fully saturated rings. The zero-order chi connectivity index (χ0) is 9.54. The molecule has 3 atom stereocenters. The van der Waals surface area contributed by atoms with Gasteiger partial charge in [-0.05, 0) is 37.0 Å². The molecule has 1 aromatic rings. The fourth-order valence-corrected chi connectivity index (χ4v) is 3.46. The molecule has 2 aliphatic rings. The van der Waals surface area contributed by atoms with Gasteiger partial charge in [0, 0.05) is 5.38 Å². The van der Waals surface area contributed by atoms with E-state index in [1.807, 2.05) is 5.51 Å². The average Bonchev–Trinajstić information content (AvgIpc) is 2.70. The molecule has 3 N–H and O–H groups in total. The smallest absolute Gasteiger partial charge is 0.0795 e. The molecule has 0 spiro atoms. The van der Waals surface area contributed by atoms with Crippen LogP contribution in [0.15, 0.2) is 10.9 Å². The number of hydrazine groups is 1. The van der Waals surface area contributed by atoms with Crippen LogP contribution in [0.5, 0.6) is 0 Å². The van der Waals surface area contributed by atoms with Crippen molar-refractivity contribution in [3.8, 4) is 0 Å². The van der Waals surface area contributed by atoms with E-state index in [2.05, 4.69) is 15.8 Å². The molecule has 3 unspecified atom stereocenters. The predicted molar refractivity (Wildman–Crippen MR) is 56.5 cm³/mol. The Labute approximate surface area is 87.7 Å². The van der Waals surface area contributed by atoms with Crippen LogP contribution in [-0.4, -0.2) is 4.98 Å². The summed E-state index contributed by atoms with van der Waals surface area (Å²) in [4.78, 5) is 4.35. The SMILES string of the molecule is NNC(c1cscn1)C1CC2CC2C1. The topological polar surface area (TPSA) is 50.9 Å². The molecule has 2 aliphatic carbocycles. The summed E-state index contributed by atoms with van der Waals surface area (Å²) in [6.07, 6.45) is 4.15. The van der Waals surface area contributed by atoms with Crippen LogP contribution in [0.25, 0.3) is 0 Å². The van der Waals surface area contributed by atoms with Gasteiger partial charge in [0.25, 0.3) is 0 Å². The van der Waals surface area contributed by atoms with Crippen LogP contribution >= 0.6 is 11.3 Å². The van der Waals surface area contributed by atoms with E-state index < -0.39 is 0 Å². The number of nitrogens with two attached hydrogens (primary N) is 1. The Balaban J connectivity index is 1.74. The fourth-order valence-electron chi connectivity index (χ4n) is 2.87. The van der Waals surface area contributed by atoms with Crippen molar-refractivity contribution in [3.05, 3.63) is 16.6 Å². The van der Waals surface area contributed by atoms with E-state index in [1.54, 1.807) is 11.3 Å². The zero-order valence-electron chi connectivity index (χ0n) is 8.02. The molecule has 1 heterocycles. The molecule has 3 rings (SSSR count). The summed E-state index contributed by atoms with van der Waals surface area (Å²) in [5.74, 6) is 8.35. The van der Waals surface area contributed by atoms with Crippen molar-refractivity contribution in [3.63, 3.8) is 0 Å². The second-order valence-corrected chi connectivity index (χ2v) is 5.26. The fraction of sp³-hybridized carbons (Fsp3) is 0.700. The van der Waals surface area contributed by atoms with Gasteiger partial charge in [-0.2, -0.15) is 0 Å². The van der Waals surface area contributed by atoms with E-state index in [0.717, 1.165) is 17.5 Å². The predicted octanol–water partition coefficient (Wildman–Crippen LogP) is 1.69. The molecule has 2 saturated carbocycles. The van der Waals surface area contributed by atoms with Gasteiger partial charge in [-0.1, -0.05) is 0 Å². The summed E-state index contributed by atoms with van der Waals surface area (Å²) in [6, 6.07) is 0.286. The first-order chi connectivity index (χ1) is 6.88. The Morgan fingerprint density at radius 2 is 2.21 bits per heavy atom. The lowest BCUT2D eigenvalue weighted by atomic mass is 9.93. The van der Waals surface area contributed by atoms with Crippen molar-refractivity contribution in [1.82, 2.24) is 10.4 Å². The molecule has 0 bridgehead atoms. The summed E-state index contributed by atoms with van der Waals surface area (Å²) in [7, 11) is 0. The van der Waals surface area contributed by atoms with Gasteiger partial charge in [-0.15, -0.1) is 11.3 Å². The van der Waals surface area contributed by atoms with Gasteiger partial charge >= 0.3 is 0 Å². The van der Waals surface area contributed by atoms with Crippen molar-refractivity contribution in [2.75, 3.05) is 0 Å². The Bertz CT molecular complexity index is 301. The molecular weight excluding hydrogens is 194 g/mol. The van der Waals surface area contributed by atoms with Crippen LogP contribution in [0.3, 0.4) is 0 Å². The lowest BCUT2D eigenvalue weighted by Gasteiger charge is -2.22. The maximum absolute atomic E-state index is 5.62. The zero-order valence-corrected chi connectivity index (χ0v) is 8.83. The minimum atomic E-state index is 0.286. The standard InChI is InChI=1S/C10H15N3S/c11-13-10(9-4-14-5-12-9)8-2-6-1-7(6)3-8/h4-8,10,13H,1-3,11H2. The molecule has 0 aromatic carbocycles. The molecule has 76 valence electrons. The van der Waals surface area contributed by atoms with E-state index >= 15 is 0 Å². The minimum absolute atomic E-state index is 0.286. The van der Waals surface area contributed by atoms with Gasteiger partial charge in [0.05, 0.1) is 17.2 Å². The highest BCUT2D eigenvalue weighted by atomic mass is 32.1. The summed E-state index contributed by atoms with van der Waals surface area (Å²) in [6.45, 7) is 0. The number of nitrogens with zero attached hydrogens (tertiary/aromatic N) is 1. The maximum atomic E-state index is 5.62. The second-order valence-electron chi connectivity index (χ2n) is 4.54. The molecular formula is C10H15N3S. The molecule has 14 heavy (non-hydrogen) atoms. The van der Waals surface area contributed by atoms with Crippen LogP contribution in [0.2, 0.25) is 0 Å². The number of thiazole rings is 1. The summed E-state index contributed by atoms with van der Waals surface area (Å²) in [5, 5.41) is 2.11. The number of hydrogen-bond donors (Lipinski definition) is 2. The van der Waals surface area contributed by atoms with E-state index in [1.165, 1.54) is 19.3 Å². The van der Waals surface area contributed by atoms with E-state index in [-0.39, 0.29) is 6.04 Å². The Kier molecular flexibility index (Phi) is 2.08. The van der Waals surface area contributed by atoms with Crippen LogP contribution in [-0.2, 0) is 0 Å². The van der Waals surface area contributed by atoms with Crippen molar-refractivity contribution in [2.45, 2.75) is 25.3 Å². The molecule has 0 aliphatic heterocycles. The average molecular weight is 209 g/mol. The monoisotopic (exact) mass is 209 g/mol. The third kappa shape index (κ3) is 1.38. The normalized spacial score (nSPS) is 36.8. The van der Waals surface area contributed by atoms with Gasteiger partial charge < -0.3 is 0 Å². The van der Waals surface area contributed by atoms with Gasteiger partial charge in [0.15, 0.2) is 0 Å². The lowest BCUT2D eigenvalue weighted by Crippen LogP contribution is -2.33. The quantitative estimate of drug-likeness (QED) is 0.588. The Morgan fingerprint density at radius 1 is 1.43 bits per heavy atom. The van der Waals surface area contributed by atoms with Crippen LogP contribution in [0.4, 0.5) is 0 Å². The Hall–Kier alpha value is -0.450. The van der Waals surface area contributed by atoms with E-state index in [4.69, 9.17) is 5.84 Å². The molecule has 4 heteroatoms. The first-order valence-electron chi connectivity index (χ1n) is 5.22. The summed E-state index contributed by atoms with van der Waals surface area (Å²) >= 11 is 1.65. The van der Waals surface area contributed by atoms with Crippen molar-refractivity contribution in [1.29, 1.82) is 0 Å². The number of fused-ring (bicyclic) bond motifs is 1. The number of hydrogen-bond acceptors (Lipinski definition) is 4. The van der Waals surface area contributed by atoms with Gasteiger partial charge in [-0.3, -0.25) is 11.3 Å². The van der Waals surface area contributed by atoms with E-state index in [9.17, 15) is 0 Å². The number of rotatable bonds is 3. The van der Waals surface area contributed by atoms with Crippen molar-refractivity contribution in [2.24, 2.45) is 23.6 Å². The van der Waals surface area contributed by atoms with E-state index in [0.29, 0.717) is 5.92 Å². The summed E-state index contributed by atoms with van der Waals surface area (Å²) in [5.41, 5.74) is 5.94. The van der Waals surface area contributed by atoms with Gasteiger partial charge in [0.2, 0.25) is 0 Å². The third-order valence-electron chi connectivity index (χ3n) is 3.70. The van der Waals surface area contributed by atoms with Gasteiger partial charge in [-0.25, -0.2) is 4.98 Å². The number of nitrogens with one attached hydrogen (secondary N) is 1. The highest BCUT2D eigenvalue weighted by Gasteiger charge is 2.48. The van der Waals surface area contributed by atoms with Crippen LogP contribution in [0.1, 0.15) is 31.0 Å². The maximum Gasteiger partial charge on any atom is 0.0795 e. The van der Waals surface area contributed by atoms with Gasteiger partial charge in [0.1, 0.15) is 0 Å². The van der Waals surface area contributed by atoms with Crippen molar-refractivity contribution >= 4 is 11.3 Å². The first-order valence-corrected chi connectivity index (χ1v) is 6.17. The Morgan fingerprint density at radius 3 is 2.79 bits per heavy atom. The lowest BCUT2D eigenvalue weighted by molar-refractivity contribution is 0.340. The van der Waals surface area contributed by atoms with Crippen LogP contribution in [0, 0.1) is 17.8 Å². The largest absolute Gasteiger partial charge is 0.271 e. The molecule has 0 saturated heterocycles. The molecule has 1 aromatic heterocycles. The summed E-state index contributed by atoms with van der Waals surface area (Å²) < 4.78 is 0. The molecule has 0 amide bonds. The molecule has 0 radical (unpaired) electrons. The minimum Gasteiger partial charge on any atom is -0.271 e. The van der Waals surface area contributed by atoms with Crippen LogP contribution < -0.4 is 11.3 Å². The molecule has 3 nitrogen and oxygen atoms in total. The second kappa shape index (κ2) is 3.29. The number of aromatic nitrogens is 1. The highest BCUT2D eigenvalue weighted by molar-refractivity contribution is 7.07. The first kappa shape index (κ1) is 8.83. The van der Waals surface area contributed by atoms with Crippen molar-refractivity contribution < 1.29 is 0 Å².